The fourth-order valence-corrected chi connectivity index (χ4v) is 9.18. The van der Waals surface area contributed by atoms with Crippen LogP contribution in [0.4, 0.5) is 0 Å². The molecule has 3 N–H and O–H groups in total. The molecule has 1 aliphatic rings. The maximum Gasteiger partial charge on any atom is 0.335 e. The zero-order chi connectivity index (χ0) is 61.7. The molecule has 6 atom stereocenters. The Morgan fingerprint density at radius 2 is 0.741 bits per heavy atom. The molecule has 0 amide bonds. The van der Waals surface area contributed by atoms with Crippen molar-refractivity contribution in [2.75, 3.05) is 13.2 Å². The van der Waals surface area contributed by atoms with Gasteiger partial charge in [-0.3, -0.25) is 14.4 Å². The summed E-state index contributed by atoms with van der Waals surface area (Å²) in [4.78, 5) is 51.4. The maximum absolute atomic E-state index is 13.2. The van der Waals surface area contributed by atoms with Crippen molar-refractivity contribution in [2.45, 2.75) is 289 Å². The topological polar surface area (TPSA) is 175 Å². The van der Waals surface area contributed by atoms with E-state index in [-0.39, 0.29) is 25.9 Å². The monoisotopic (exact) mass is 1180 g/mol. The van der Waals surface area contributed by atoms with Gasteiger partial charge in [0.2, 0.25) is 0 Å². The van der Waals surface area contributed by atoms with E-state index in [1.54, 1.807) is 0 Å². The molecule has 0 aromatic carbocycles. The third-order valence-corrected chi connectivity index (χ3v) is 14.2. The highest BCUT2D eigenvalue weighted by atomic mass is 16.7. The fraction of sp³-hybridized carbons (Fsp3) is 0.644. The van der Waals surface area contributed by atoms with Crippen molar-refractivity contribution in [1.29, 1.82) is 0 Å². The number of rotatable bonds is 55. The van der Waals surface area contributed by atoms with Gasteiger partial charge in [-0.05, 0) is 135 Å². The lowest BCUT2D eigenvalue weighted by Crippen LogP contribution is -2.61. The molecule has 480 valence electrons. The summed E-state index contributed by atoms with van der Waals surface area (Å²) >= 11 is 0. The number of hydrogen-bond donors (Lipinski definition) is 3. The second-order valence-electron chi connectivity index (χ2n) is 22.0. The van der Waals surface area contributed by atoms with Gasteiger partial charge in [0.25, 0.3) is 0 Å². The zero-order valence-electron chi connectivity index (χ0n) is 53.1. The van der Waals surface area contributed by atoms with Gasteiger partial charge in [-0.1, -0.05) is 231 Å². The molecule has 1 heterocycles. The van der Waals surface area contributed by atoms with Crippen LogP contribution >= 0.6 is 0 Å². The molecule has 1 rings (SSSR count). The summed E-state index contributed by atoms with van der Waals surface area (Å²) in [6.45, 7) is 5.73. The predicted octanol–water partition coefficient (Wildman–Crippen LogP) is 18.1. The molecule has 0 aromatic heterocycles. The summed E-state index contributed by atoms with van der Waals surface area (Å²) in [5.74, 6) is -3.22. The number of carbonyl (C=O) groups is 4. The van der Waals surface area contributed by atoms with Crippen LogP contribution in [0.2, 0.25) is 0 Å². The predicted molar refractivity (Wildman–Crippen MR) is 349 cm³/mol. The molecule has 85 heavy (non-hydrogen) atoms. The Labute approximate surface area is 515 Å². The fourth-order valence-electron chi connectivity index (χ4n) is 9.18. The summed E-state index contributed by atoms with van der Waals surface area (Å²) < 4.78 is 28.5. The highest BCUT2D eigenvalue weighted by Gasteiger charge is 2.50. The number of ether oxygens (including phenoxy) is 5. The van der Waals surface area contributed by atoms with Crippen molar-refractivity contribution < 1.29 is 58.2 Å². The minimum Gasteiger partial charge on any atom is -0.479 e. The third-order valence-electron chi connectivity index (χ3n) is 14.2. The molecule has 0 spiro atoms. The minimum absolute atomic E-state index is 0.0105. The van der Waals surface area contributed by atoms with Gasteiger partial charge in [-0.15, -0.1) is 0 Å². The highest BCUT2D eigenvalue weighted by Crippen LogP contribution is 2.26. The van der Waals surface area contributed by atoms with Gasteiger partial charge in [0.1, 0.15) is 18.8 Å². The first kappa shape index (κ1) is 77.9. The second kappa shape index (κ2) is 59.2. The first-order valence-electron chi connectivity index (χ1n) is 33.2. The number of unbranched alkanes of at least 4 members (excludes halogenated alkanes) is 19. The standard InChI is InChI=1S/C73H116O12/c1-4-7-10-13-16-19-22-25-28-31-33-36-38-41-44-47-50-53-56-59-65(74)81-62-64(83-66(75)60-57-54-51-48-45-42-39-35-30-27-24-21-18-15-12-9-6-3)63-82-73-71(69(78)68(77)70(85-73)72(79)80)84-67(76)61-58-55-52-49-46-43-40-37-34-32-29-26-23-20-17-14-11-8-5-2/h7-8,10-11,16-17,19-20,25-30,33-34,36-37,41,43-44,46,64,68-71,73,77-78H,4-6,9,12-15,18,21-24,31-32,35,38-40,42,45,47-63H2,1-3H3,(H,79,80)/b10-7-,11-8-,19-16-,20-17-,28-25-,29-26-,30-27-,36-33-,37-34-,44-41-,46-43-. The van der Waals surface area contributed by atoms with Crippen LogP contribution in [-0.4, -0.2) is 89.2 Å². The normalized spacial score (nSPS) is 18.3. The van der Waals surface area contributed by atoms with Crippen LogP contribution in [0.1, 0.15) is 252 Å². The molecule has 0 bridgehead atoms. The van der Waals surface area contributed by atoms with E-state index in [0.29, 0.717) is 19.3 Å². The van der Waals surface area contributed by atoms with Gasteiger partial charge >= 0.3 is 23.9 Å². The van der Waals surface area contributed by atoms with Gasteiger partial charge in [-0.2, -0.15) is 0 Å². The van der Waals surface area contributed by atoms with E-state index in [9.17, 15) is 34.5 Å². The largest absolute Gasteiger partial charge is 0.479 e. The van der Waals surface area contributed by atoms with Crippen LogP contribution < -0.4 is 0 Å². The smallest absolute Gasteiger partial charge is 0.335 e. The van der Waals surface area contributed by atoms with Gasteiger partial charge in [-0.25, -0.2) is 4.79 Å². The molecule has 1 saturated heterocycles. The van der Waals surface area contributed by atoms with Gasteiger partial charge in [0.15, 0.2) is 24.6 Å². The van der Waals surface area contributed by atoms with Crippen LogP contribution in [0.3, 0.4) is 0 Å². The quantitative estimate of drug-likeness (QED) is 0.0228. The van der Waals surface area contributed by atoms with E-state index in [0.717, 1.165) is 135 Å². The Hall–Kier alpha value is -5.14. The molecule has 1 fully saturated rings. The lowest BCUT2D eigenvalue weighted by molar-refractivity contribution is -0.301. The maximum atomic E-state index is 13.2. The SMILES string of the molecule is CC/C=C\C/C=C\C/C=C\C/C=C\C/C=C\CCCCCC(=O)OCC(COC1OC(C(=O)O)C(O)C(O)C1OC(=O)CCCCC/C=C\C/C=C\C/C=C\C/C=C\C/C=C\CC)OC(=O)CCCCCCCCC/C=C\CCCCCCCC. The summed E-state index contributed by atoms with van der Waals surface area (Å²) in [5.41, 5.74) is 0. The number of carbonyl (C=O) groups excluding carboxylic acids is 3. The minimum atomic E-state index is -1.93. The van der Waals surface area contributed by atoms with Crippen molar-refractivity contribution in [1.82, 2.24) is 0 Å². The Morgan fingerprint density at radius 3 is 1.15 bits per heavy atom. The number of aliphatic hydroxyl groups excluding tert-OH is 2. The van der Waals surface area contributed by atoms with E-state index < -0.39 is 67.3 Å². The van der Waals surface area contributed by atoms with E-state index in [1.165, 1.54) is 57.8 Å². The summed E-state index contributed by atoms with van der Waals surface area (Å²) in [6.07, 6.45) is 71.1. The Bertz CT molecular complexity index is 1990. The number of esters is 3. The summed E-state index contributed by atoms with van der Waals surface area (Å²) in [6, 6.07) is 0. The van der Waals surface area contributed by atoms with Crippen molar-refractivity contribution in [3.05, 3.63) is 134 Å². The van der Waals surface area contributed by atoms with E-state index >= 15 is 0 Å². The number of allylic oxidation sites excluding steroid dienone is 22. The molecule has 12 heteroatoms. The molecular weight excluding hydrogens is 1070 g/mol. The summed E-state index contributed by atoms with van der Waals surface area (Å²) in [7, 11) is 0. The van der Waals surface area contributed by atoms with Crippen molar-refractivity contribution >= 4 is 23.9 Å². The van der Waals surface area contributed by atoms with Gasteiger partial charge in [0.05, 0.1) is 6.61 Å². The molecule has 0 aromatic rings. The van der Waals surface area contributed by atoms with E-state index in [1.807, 2.05) is 0 Å². The Balaban J connectivity index is 2.71. The number of aliphatic hydroxyl groups is 2. The van der Waals surface area contributed by atoms with Crippen LogP contribution in [0, 0.1) is 0 Å². The van der Waals surface area contributed by atoms with Crippen LogP contribution in [0.25, 0.3) is 0 Å². The summed E-state index contributed by atoms with van der Waals surface area (Å²) in [5, 5.41) is 31.6. The van der Waals surface area contributed by atoms with Crippen molar-refractivity contribution in [2.24, 2.45) is 0 Å². The second-order valence-corrected chi connectivity index (χ2v) is 22.0. The van der Waals surface area contributed by atoms with E-state index in [4.69, 9.17) is 23.7 Å². The molecular formula is C73H116O12. The first-order valence-corrected chi connectivity index (χ1v) is 33.2. The number of hydrogen-bond acceptors (Lipinski definition) is 11. The van der Waals surface area contributed by atoms with Gasteiger partial charge in [0, 0.05) is 19.3 Å². The molecule has 6 unspecified atom stereocenters. The van der Waals surface area contributed by atoms with Gasteiger partial charge < -0.3 is 39.0 Å². The molecule has 0 aliphatic carbocycles. The van der Waals surface area contributed by atoms with Crippen molar-refractivity contribution in [3.63, 3.8) is 0 Å². The first-order chi connectivity index (χ1) is 41.6. The Morgan fingerprint density at radius 1 is 0.400 bits per heavy atom. The molecule has 12 nitrogen and oxygen atoms in total. The number of aliphatic carboxylic acids is 1. The van der Waals surface area contributed by atoms with Crippen molar-refractivity contribution in [3.8, 4) is 0 Å². The lowest BCUT2D eigenvalue weighted by atomic mass is 9.98. The molecule has 0 saturated carbocycles. The third kappa shape index (κ3) is 48.6. The highest BCUT2D eigenvalue weighted by molar-refractivity contribution is 5.74. The number of carboxylic acids is 1. The van der Waals surface area contributed by atoms with Crippen LogP contribution in [-0.2, 0) is 42.9 Å². The number of carboxylic acid groups (broad SMARTS) is 1. The zero-order valence-corrected chi connectivity index (χ0v) is 53.1. The Kier molecular flexibility index (Phi) is 54.2. The van der Waals surface area contributed by atoms with Crippen LogP contribution in [0.5, 0.6) is 0 Å². The molecule has 1 aliphatic heterocycles. The average molecular weight is 1190 g/mol. The van der Waals surface area contributed by atoms with Crippen LogP contribution in [0.15, 0.2) is 134 Å². The van der Waals surface area contributed by atoms with E-state index in [2.05, 4.69) is 154 Å². The molecule has 0 radical (unpaired) electrons. The average Bonchev–Trinajstić information content (AvgIpc) is 3.51. The lowest BCUT2D eigenvalue weighted by Gasteiger charge is -2.40.